The van der Waals surface area contributed by atoms with E-state index in [1.54, 1.807) is 30.1 Å². The number of anilines is 1. The highest BCUT2D eigenvalue weighted by Crippen LogP contribution is 2.23. The minimum absolute atomic E-state index is 0.289. The molecule has 6 heteroatoms. The molecule has 21 heavy (non-hydrogen) atoms. The van der Waals surface area contributed by atoms with Gasteiger partial charge in [0, 0.05) is 25.3 Å². The third kappa shape index (κ3) is 3.54. The number of benzene rings is 2. The smallest absolute Gasteiger partial charge is 0.274 e. The lowest BCUT2D eigenvalue weighted by Crippen LogP contribution is -2.16. The van der Waals surface area contributed by atoms with Gasteiger partial charge >= 0.3 is 0 Å². The Bertz CT molecular complexity index is 725. The van der Waals surface area contributed by atoms with Crippen LogP contribution in [-0.2, 0) is 6.54 Å². The van der Waals surface area contributed by atoms with E-state index in [4.69, 9.17) is 5.26 Å². The maximum absolute atomic E-state index is 13.4. The molecule has 0 aromatic heterocycles. The van der Waals surface area contributed by atoms with E-state index in [1.807, 2.05) is 12.1 Å². The van der Waals surface area contributed by atoms with Gasteiger partial charge in [-0.1, -0.05) is 12.1 Å². The van der Waals surface area contributed by atoms with Gasteiger partial charge in [0.2, 0.25) is 0 Å². The van der Waals surface area contributed by atoms with E-state index >= 15 is 0 Å². The lowest BCUT2D eigenvalue weighted by atomic mass is 10.1. The van der Waals surface area contributed by atoms with E-state index < -0.39 is 10.7 Å². The highest BCUT2D eigenvalue weighted by molar-refractivity contribution is 5.53. The zero-order valence-electron chi connectivity index (χ0n) is 11.3. The Morgan fingerprint density at radius 2 is 2.10 bits per heavy atom. The van der Waals surface area contributed by atoms with Crippen molar-refractivity contribution in [2.24, 2.45) is 0 Å². The Morgan fingerprint density at radius 1 is 1.33 bits per heavy atom. The van der Waals surface area contributed by atoms with Gasteiger partial charge in [0.15, 0.2) is 0 Å². The van der Waals surface area contributed by atoms with Crippen LogP contribution in [0.15, 0.2) is 42.5 Å². The first-order valence-electron chi connectivity index (χ1n) is 6.15. The molecule has 2 aromatic rings. The Labute approximate surface area is 121 Å². The van der Waals surface area contributed by atoms with Crippen LogP contribution in [0.1, 0.15) is 11.1 Å². The number of rotatable bonds is 4. The first-order chi connectivity index (χ1) is 9.99. The summed E-state index contributed by atoms with van der Waals surface area (Å²) < 4.78 is 13.4. The standard InChI is InChI=1S/C15H12FN3O2/c1-18(10-12-4-2-3-11(5-12)9-17)14-6-13(16)7-15(8-14)19(20)21/h2-8H,10H2,1H3. The molecule has 2 rings (SSSR count). The molecule has 0 heterocycles. The molecule has 0 spiro atoms. The topological polar surface area (TPSA) is 70.2 Å². The number of non-ortho nitro benzene ring substituents is 1. The van der Waals surface area contributed by atoms with E-state index in [9.17, 15) is 14.5 Å². The second-order valence-corrected chi connectivity index (χ2v) is 4.59. The van der Waals surface area contributed by atoms with E-state index in [2.05, 4.69) is 0 Å². The summed E-state index contributed by atoms with van der Waals surface area (Å²) in [6, 6.07) is 12.5. The third-order valence-corrected chi connectivity index (χ3v) is 2.99. The number of nitrogens with zero attached hydrogens (tertiary/aromatic N) is 3. The van der Waals surface area contributed by atoms with Crippen LogP contribution < -0.4 is 4.90 Å². The zero-order chi connectivity index (χ0) is 15.4. The average Bonchev–Trinajstić information content (AvgIpc) is 2.46. The summed E-state index contributed by atoms with van der Waals surface area (Å²) >= 11 is 0. The van der Waals surface area contributed by atoms with Gasteiger partial charge in [-0.05, 0) is 23.8 Å². The fourth-order valence-corrected chi connectivity index (χ4v) is 1.99. The molecular weight excluding hydrogens is 273 g/mol. The van der Waals surface area contributed by atoms with Gasteiger partial charge in [0.05, 0.1) is 22.6 Å². The average molecular weight is 285 g/mol. The van der Waals surface area contributed by atoms with Gasteiger partial charge < -0.3 is 4.90 Å². The van der Waals surface area contributed by atoms with Crippen molar-refractivity contribution in [3.8, 4) is 6.07 Å². The Kier molecular flexibility index (Phi) is 4.14. The summed E-state index contributed by atoms with van der Waals surface area (Å²) in [5.41, 5.74) is 1.52. The van der Waals surface area contributed by atoms with Gasteiger partial charge in [-0.3, -0.25) is 10.1 Å². The first-order valence-corrected chi connectivity index (χ1v) is 6.15. The van der Waals surface area contributed by atoms with Gasteiger partial charge in [-0.2, -0.15) is 5.26 Å². The van der Waals surface area contributed by atoms with Crippen LogP contribution in [0.2, 0.25) is 0 Å². The molecule has 0 saturated heterocycles. The SMILES string of the molecule is CN(Cc1cccc(C#N)c1)c1cc(F)cc([N+](=O)[O-])c1. The number of halogens is 1. The normalized spacial score (nSPS) is 9.95. The van der Waals surface area contributed by atoms with Crippen LogP contribution in [0.4, 0.5) is 15.8 Å². The molecule has 0 radical (unpaired) electrons. The molecule has 0 aliphatic rings. The van der Waals surface area contributed by atoms with Gasteiger partial charge in [0.1, 0.15) is 5.82 Å². The maximum atomic E-state index is 13.4. The van der Waals surface area contributed by atoms with Crippen molar-refractivity contribution >= 4 is 11.4 Å². The third-order valence-electron chi connectivity index (χ3n) is 2.99. The monoisotopic (exact) mass is 285 g/mol. The van der Waals surface area contributed by atoms with Crippen LogP contribution in [0.5, 0.6) is 0 Å². The zero-order valence-corrected chi connectivity index (χ0v) is 11.3. The highest BCUT2D eigenvalue weighted by atomic mass is 19.1. The number of hydrogen-bond acceptors (Lipinski definition) is 4. The molecule has 0 bridgehead atoms. The summed E-state index contributed by atoms with van der Waals surface area (Å²) in [4.78, 5) is 11.8. The Morgan fingerprint density at radius 3 is 2.76 bits per heavy atom. The molecule has 0 unspecified atom stereocenters. The van der Waals surface area contributed by atoms with E-state index in [0.29, 0.717) is 17.8 Å². The summed E-state index contributed by atoms with van der Waals surface area (Å²) in [7, 11) is 1.71. The van der Waals surface area contributed by atoms with Crippen LogP contribution in [0.25, 0.3) is 0 Å². The fraction of sp³-hybridized carbons (Fsp3) is 0.133. The minimum atomic E-state index is -0.656. The number of nitriles is 1. The number of hydrogen-bond donors (Lipinski definition) is 0. The molecule has 0 atom stereocenters. The van der Waals surface area contributed by atoms with Gasteiger partial charge in [-0.15, -0.1) is 0 Å². The molecule has 106 valence electrons. The Hall–Kier alpha value is -2.94. The Balaban J connectivity index is 2.25. The summed E-state index contributed by atoms with van der Waals surface area (Å²) in [6.07, 6.45) is 0. The number of nitro groups is 1. The largest absolute Gasteiger partial charge is 0.370 e. The molecule has 0 aliphatic heterocycles. The van der Waals surface area contributed by atoms with Gasteiger partial charge in [-0.25, -0.2) is 4.39 Å². The van der Waals surface area contributed by atoms with Crippen molar-refractivity contribution in [3.05, 3.63) is 69.5 Å². The minimum Gasteiger partial charge on any atom is -0.370 e. The lowest BCUT2D eigenvalue weighted by Gasteiger charge is -2.19. The second-order valence-electron chi connectivity index (χ2n) is 4.59. The lowest BCUT2D eigenvalue weighted by molar-refractivity contribution is -0.385. The van der Waals surface area contributed by atoms with Crippen molar-refractivity contribution in [2.45, 2.75) is 6.54 Å². The summed E-state index contributed by atoms with van der Waals surface area (Å²) in [5, 5.41) is 19.6. The van der Waals surface area contributed by atoms with Crippen LogP contribution in [0.3, 0.4) is 0 Å². The van der Waals surface area contributed by atoms with Gasteiger partial charge in [0.25, 0.3) is 5.69 Å². The van der Waals surface area contributed by atoms with E-state index in [1.165, 1.54) is 12.1 Å². The van der Waals surface area contributed by atoms with Crippen molar-refractivity contribution < 1.29 is 9.31 Å². The summed E-state index contributed by atoms with van der Waals surface area (Å²) in [5.74, 6) is -0.656. The van der Waals surface area contributed by atoms with Crippen LogP contribution >= 0.6 is 0 Å². The van der Waals surface area contributed by atoms with Crippen molar-refractivity contribution in [1.29, 1.82) is 5.26 Å². The van der Waals surface area contributed by atoms with Crippen molar-refractivity contribution in [2.75, 3.05) is 11.9 Å². The van der Waals surface area contributed by atoms with Crippen LogP contribution in [0, 0.1) is 27.3 Å². The molecule has 0 aliphatic carbocycles. The maximum Gasteiger partial charge on any atom is 0.274 e. The highest BCUT2D eigenvalue weighted by Gasteiger charge is 2.12. The van der Waals surface area contributed by atoms with Crippen LogP contribution in [-0.4, -0.2) is 12.0 Å². The fourth-order valence-electron chi connectivity index (χ4n) is 1.99. The predicted octanol–water partition coefficient (Wildman–Crippen LogP) is 3.24. The van der Waals surface area contributed by atoms with Crippen molar-refractivity contribution in [1.82, 2.24) is 0 Å². The molecular formula is C15H12FN3O2. The molecule has 0 N–H and O–H groups in total. The first kappa shape index (κ1) is 14.5. The molecule has 0 amide bonds. The molecule has 5 nitrogen and oxygen atoms in total. The predicted molar refractivity (Wildman–Crippen MR) is 76.3 cm³/mol. The molecule has 2 aromatic carbocycles. The van der Waals surface area contributed by atoms with E-state index in [0.717, 1.165) is 11.6 Å². The summed E-state index contributed by atoms with van der Waals surface area (Å²) in [6.45, 7) is 0.413. The molecule has 0 saturated carbocycles. The quantitative estimate of drug-likeness (QED) is 0.638. The molecule has 0 fully saturated rings. The van der Waals surface area contributed by atoms with Crippen molar-refractivity contribution in [3.63, 3.8) is 0 Å². The second kappa shape index (κ2) is 6.01. The van der Waals surface area contributed by atoms with E-state index in [-0.39, 0.29) is 5.69 Å². The number of nitro benzene ring substituents is 1.